The summed E-state index contributed by atoms with van der Waals surface area (Å²) in [4.78, 5) is 28.8. The van der Waals surface area contributed by atoms with Gasteiger partial charge in [-0.25, -0.2) is 8.42 Å². The summed E-state index contributed by atoms with van der Waals surface area (Å²) >= 11 is 6.08. The number of amides is 2. The molecule has 0 aliphatic carbocycles. The SMILES string of the molecule is CC(C)NC(=O)C(Cc1ccccc1)N(Cc1ccc(Cl)cc1)C(=O)CCCN(c1ccccc1)S(C)(=O)=O. The molecular weight excluding hydrogens is 534 g/mol. The smallest absolute Gasteiger partial charge is 0.243 e. The maximum absolute atomic E-state index is 13.8. The normalized spacial score (nSPS) is 12.1. The quantitative estimate of drug-likeness (QED) is 0.312. The Bertz CT molecular complexity index is 1320. The molecule has 9 heteroatoms. The maximum Gasteiger partial charge on any atom is 0.243 e. The van der Waals surface area contributed by atoms with E-state index in [0.29, 0.717) is 23.6 Å². The summed E-state index contributed by atoms with van der Waals surface area (Å²) in [7, 11) is -3.54. The lowest BCUT2D eigenvalue weighted by atomic mass is 10.0. The molecule has 39 heavy (non-hydrogen) atoms. The molecule has 3 aromatic rings. The van der Waals surface area contributed by atoms with Crippen LogP contribution in [0.1, 0.15) is 37.8 Å². The van der Waals surface area contributed by atoms with Crippen LogP contribution in [0.25, 0.3) is 0 Å². The van der Waals surface area contributed by atoms with Gasteiger partial charge >= 0.3 is 0 Å². The van der Waals surface area contributed by atoms with Crippen LogP contribution in [-0.2, 0) is 32.6 Å². The maximum atomic E-state index is 13.8. The van der Waals surface area contributed by atoms with E-state index in [0.717, 1.165) is 17.4 Å². The van der Waals surface area contributed by atoms with E-state index in [1.165, 1.54) is 4.31 Å². The zero-order valence-electron chi connectivity index (χ0n) is 22.6. The highest BCUT2D eigenvalue weighted by molar-refractivity contribution is 7.92. The molecule has 0 aliphatic heterocycles. The molecule has 0 saturated heterocycles. The van der Waals surface area contributed by atoms with Crippen LogP contribution >= 0.6 is 11.6 Å². The van der Waals surface area contributed by atoms with E-state index in [4.69, 9.17) is 11.6 Å². The van der Waals surface area contributed by atoms with Gasteiger partial charge in [0.05, 0.1) is 11.9 Å². The molecule has 0 radical (unpaired) electrons. The summed E-state index contributed by atoms with van der Waals surface area (Å²) in [5.41, 5.74) is 2.32. The number of benzene rings is 3. The van der Waals surface area contributed by atoms with Crippen molar-refractivity contribution >= 4 is 39.1 Å². The van der Waals surface area contributed by atoms with Crippen molar-refractivity contribution in [1.29, 1.82) is 0 Å². The Morgan fingerprint density at radius 1 is 0.872 bits per heavy atom. The number of rotatable bonds is 13. The first-order valence-corrected chi connectivity index (χ1v) is 15.2. The zero-order valence-corrected chi connectivity index (χ0v) is 24.2. The Balaban J connectivity index is 1.87. The number of hydrogen-bond donors (Lipinski definition) is 1. The van der Waals surface area contributed by atoms with Gasteiger partial charge < -0.3 is 10.2 Å². The van der Waals surface area contributed by atoms with Crippen molar-refractivity contribution in [2.45, 2.75) is 51.7 Å². The number of sulfonamides is 1. The summed E-state index contributed by atoms with van der Waals surface area (Å²) in [5, 5.41) is 3.55. The number of anilines is 1. The number of hydrogen-bond acceptors (Lipinski definition) is 4. The van der Waals surface area contributed by atoms with E-state index in [9.17, 15) is 18.0 Å². The Kier molecular flexibility index (Phi) is 10.9. The zero-order chi connectivity index (χ0) is 28.4. The van der Waals surface area contributed by atoms with Gasteiger partial charge in [-0.05, 0) is 55.7 Å². The molecular formula is C30H36ClN3O4S. The highest BCUT2D eigenvalue weighted by Gasteiger charge is 2.31. The van der Waals surface area contributed by atoms with Crippen LogP contribution in [-0.4, -0.2) is 50.0 Å². The first-order chi connectivity index (χ1) is 18.5. The van der Waals surface area contributed by atoms with E-state index >= 15 is 0 Å². The predicted octanol–water partition coefficient (Wildman–Crippen LogP) is 5.05. The summed E-state index contributed by atoms with van der Waals surface area (Å²) in [5.74, 6) is -0.468. The van der Waals surface area contributed by atoms with Crippen LogP contribution in [0.5, 0.6) is 0 Å². The van der Waals surface area contributed by atoms with Crippen molar-refractivity contribution in [3.05, 3.63) is 101 Å². The molecule has 3 aromatic carbocycles. The second-order valence-electron chi connectivity index (χ2n) is 9.79. The lowest BCUT2D eigenvalue weighted by Crippen LogP contribution is -2.51. The molecule has 0 aliphatic rings. The summed E-state index contributed by atoms with van der Waals surface area (Å²) in [6, 6.07) is 24.7. The van der Waals surface area contributed by atoms with E-state index in [2.05, 4.69) is 5.32 Å². The van der Waals surface area contributed by atoms with Crippen molar-refractivity contribution < 1.29 is 18.0 Å². The van der Waals surface area contributed by atoms with Gasteiger partial charge in [0.15, 0.2) is 0 Å². The average molecular weight is 570 g/mol. The minimum absolute atomic E-state index is 0.0761. The minimum atomic E-state index is -3.54. The Morgan fingerprint density at radius 3 is 2.03 bits per heavy atom. The summed E-state index contributed by atoms with van der Waals surface area (Å²) in [6.45, 7) is 4.12. The number of halogens is 1. The predicted molar refractivity (Wildman–Crippen MR) is 157 cm³/mol. The van der Waals surface area contributed by atoms with Crippen LogP contribution < -0.4 is 9.62 Å². The van der Waals surface area contributed by atoms with E-state index in [1.54, 1.807) is 41.3 Å². The van der Waals surface area contributed by atoms with E-state index in [1.807, 2.05) is 62.4 Å². The molecule has 2 amide bonds. The second kappa shape index (κ2) is 14.1. The topological polar surface area (TPSA) is 86.8 Å². The van der Waals surface area contributed by atoms with Crippen LogP contribution in [0.15, 0.2) is 84.9 Å². The van der Waals surface area contributed by atoms with Gasteiger partial charge in [-0.15, -0.1) is 0 Å². The first kappa shape index (κ1) is 30.2. The van der Waals surface area contributed by atoms with Crippen LogP contribution in [0.4, 0.5) is 5.69 Å². The first-order valence-electron chi connectivity index (χ1n) is 13.0. The average Bonchev–Trinajstić information content (AvgIpc) is 2.89. The minimum Gasteiger partial charge on any atom is -0.352 e. The van der Waals surface area contributed by atoms with Gasteiger partial charge in [0.2, 0.25) is 21.8 Å². The molecule has 7 nitrogen and oxygen atoms in total. The molecule has 208 valence electrons. The standard InChI is InChI=1S/C30H36ClN3O4S/c1-23(2)32-30(36)28(21-24-11-6-4-7-12-24)33(22-25-16-18-26(31)19-17-25)29(35)15-10-20-34(39(3,37)38)27-13-8-5-9-14-27/h4-9,11-14,16-19,23,28H,10,15,20-22H2,1-3H3,(H,32,36). The number of carbonyl (C=O) groups excluding carboxylic acids is 2. The fourth-order valence-corrected chi connectivity index (χ4v) is 5.41. The summed E-state index contributed by atoms with van der Waals surface area (Å²) < 4.78 is 26.3. The third kappa shape index (κ3) is 9.41. The lowest BCUT2D eigenvalue weighted by Gasteiger charge is -2.32. The van der Waals surface area contributed by atoms with Crippen LogP contribution in [0.2, 0.25) is 5.02 Å². The van der Waals surface area contributed by atoms with Gasteiger partial charge in [0.1, 0.15) is 6.04 Å². The third-order valence-corrected chi connectivity index (χ3v) is 7.61. The molecule has 1 N–H and O–H groups in total. The van der Waals surface area contributed by atoms with Crippen molar-refractivity contribution in [3.8, 4) is 0 Å². The molecule has 0 saturated carbocycles. The van der Waals surface area contributed by atoms with Crippen molar-refractivity contribution in [2.75, 3.05) is 17.1 Å². The fourth-order valence-electron chi connectivity index (χ4n) is 4.32. The monoisotopic (exact) mass is 569 g/mol. The van der Waals surface area contributed by atoms with Gasteiger partial charge in [-0.2, -0.15) is 0 Å². The number of nitrogens with one attached hydrogen (secondary N) is 1. The fraction of sp³-hybridized carbons (Fsp3) is 0.333. The van der Waals surface area contributed by atoms with Crippen LogP contribution in [0.3, 0.4) is 0 Å². The third-order valence-electron chi connectivity index (χ3n) is 6.16. The van der Waals surface area contributed by atoms with Crippen molar-refractivity contribution in [3.63, 3.8) is 0 Å². The highest BCUT2D eigenvalue weighted by Crippen LogP contribution is 2.20. The summed E-state index contributed by atoms with van der Waals surface area (Å²) in [6.07, 6.45) is 1.87. The molecule has 0 fully saturated rings. The van der Waals surface area contributed by atoms with Crippen molar-refractivity contribution in [1.82, 2.24) is 10.2 Å². The van der Waals surface area contributed by atoms with Gasteiger partial charge in [0.25, 0.3) is 0 Å². The molecule has 1 unspecified atom stereocenters. The Morgan fingerprint density at radius 2 is 1.46 bits per heavy atom. The van der Waals surface area contributed by atoms with E-state index < -0.39 is 16.1 Å². The second-order valence-corrected chi connectivity index (χ2v) is 12.1. The molecule has 1 atom stereocenters. The highest BCUT2D eigenvalue weighted by atomic mass is 35.5. The van der Waals surface area contributed by atoms with Gasteiger partial charge in [-0.1, -0.05) is 72.3 Å². The lowest BCUT2D eigenvalue weighted by molar-refractivity contribution is -0.141. The molecule has 0 spiro atoms. The molecule has 0 aromatic heterocycles. The molecule has 3 rings (SSSR count). The van der Waals surface area contributed by atoms with Crippen molar-refractivity contribution in [2.24, 2.45) is 0 Å². The number of nitrogens with zero attached hydrogens (tertiary/aromatic N) is 2. The number of carbonyl (C=O) groups is 2. The van der Waals surface area contributed by atoms with Gasteiger partial charge in [0, 0.05) is 37.0 Å². The Labute approximate surface area is 236 Å². The largest absolute Gasteiger partial charge is 0.352 e. The van der Waals surface area contributed by atoms with Crippen LogP contribution in [0, 0.1) is 0 Å². The molecule has 0 bridgehead atoms. The van der Waals surface area contributed by atoms with E-state index in [-0.39, 0.29) is 37.4 Å². The number of para-hydroxylation sites is 1. The van der Waals surface area contributed by atoms with Gasteiger partial charge in [-0.3, -0.25) is 13.9 Å². The molecule has 0 heterocycles. The Hall–Kier alpha value is -3.36.